The van der Waals surface area contributed by atoms with E-state index in [-0.39, 0.29) is 6.10 Å². The number of nitrogens with one attached hydrogen (secondary N) is 1. The summed E-state index contributed by atoms with van der Waals surface area (Å²) in [5.74, 6) is 0.958. The van der Waals surface area contributed by atoms with Crippen LogP contribution in [0.2, 0.25) is 0 Å². The molecular weight excluding hydrogens is 234 g/mol. The molecule has 2 heteroatoms. The van der Waals surface area contributed by atoms with Crippen molar-refractivity contribution in [2.75, 3.05) is 6.54 Å². The van der Waals surface area contributed by atoms with E-state index in [1.54, 1.807) is 0 Å². The Labute approximate surface area is 117 Å². The van der Waals surface area contributed by atoms with Crippen LogP contribution in [0.5, 0.6) is 5.75 Å². The molecule has 0 radical (unpaired) electrons. The highest BCUT2D eigenvalue weighted by Crippen LogP contribution is 2.24. The molecule has 2 nitrogen and oxygen atoms in total. The zero-order valence-electron chi connectivity index (χ0n) is 12.5. The zero-order chi connectivity index (χ0) is 14.1. The molecule has 0 amide bonds. The van der Waals surface area contributed by atoms with Gasteiger partial charge in [0.2, 0.25) is 0 Å². The van der Waals surface area contributed by atoms with Crippen molar-refractivity contribution in [3.63, 3.8) is 0 Å². The molecule has 0 fully saturated rings. The number of hydrogen-bond donors (Lipinski definition) is 1. The average molecular weight is 261 g/mol. The number of ether oxygens (including phenoxy) is 1. The first-order valence-electron chi connectivity index (χ1n) is 7.28. The quantitative estimate of drug-likeness (QED) is 0.522. The highest BCUT2D eigenvalue weighted by Gasteiger charge is 2.10. The number of benzene rings is 1. The Hall–Kier alpha value is -1.28. The number of allylic oxidation sites excluding steroid dienone is 1. The summed E-state index contributed by atoms with van der Waals surface area (Å²) in [4.78, 5) is 0. The van der Waals surface area contributed by atoms with Gasteiger partial charge < -0.3 is 10.1 Å². The van der Waals surface area contributed by atoms with Gasteiger partial charge in [0.05, 0.1) is 6.10 Å². The van der Waals surface area contributed by atoms with Gasteiger partial charge in [-0.05, 0) is 57.4 Å². The molecule has 0 aliphatic carbocycles. The van der Waals surface area contributed by atoms with Gasteiger partial charge in [-0.2, -0.15) is 0 Å². The Morgan fingerprint density at radius 2 is 2.16 bits per heavy atom. The lowest BCUT2D eigenvalue weighted by atomic mass is 10.0. The first-order chi connectivity index (χ1) is 9.17. The molecule has 1 rings (SSSR count). The van der Waals surface area contributed by atoms with Crippen LogP contribution in [0.4, 0.5) is 0 Å². The van der Waals surface area contributed by atoms with Gasteiger partial charge in [-0.1, -0.05) is 25.1 Å². The predicted molar refractivity (Wildman–Crippen MR) is 82.7 cm³/mol. The van der Waals surface area contributed by atoms with E-state index in [9.17, 15) is 0 Å². The summed E-state index contributed by atoms with van der Waals surface area (Å²) in [5, 5.41) is 3.55. The molecular formula is C17H27NO. The SMILES string of the molecule is C=CCCCC(NCC)c1cccc(OC(C)C)c1. The second-order valence-electron chi connectivity index (χ2n) is 5.07. The molecule has 0 heterocycles. The van der Waals surface area contributed by atoms with Gasteiger partial charge in [-0.3, -0.25) is 0 Å². The van der Waals surface area contributed by atoms with E-state index < -0.39 is 0 Å². The van der Waals surface area contributed by atoms with E-state index in [4.69, 9.17) is 4.74 Å². The van der Waals surface area contributed by atoms with Crippen molar-refractivity contribution >= 4 is 0 Å². The Bertz CT molecular complexity index is 373. The highest BCUT2D eigenvalue weighted by molar-refractivity contribution is 5.30. The lowest BCUT2D eigenvalue weighted by Gasteiger charge is -2.19. The second-order valence-corrected chi connectivity index (χ2v) is 5.07. The number of hydrogen-bond acceptors (Lipinski definition) is 2. The molecule has 0 spiro atoms. The maximum absolute atomic E-state index is 5.76. The summed E-state index contributed by atoms with van der Waals surface area (Å²) in [5.41, 5.74) is 1.31. The molecule has 1 N–H and O–H groups in total. The van der Waals surface area contributed by atoms with Crippen LogP contribution in [-0.2, 0) is 0 Å². The maximum atomic E-state index is 5.76. The molecule has 1 unspecified atom stereocenters. The van der Waals surface area contributed by atoms with Crippen LogP contribution in [0, 0.1) is 0 Å². The Morgan fingerprint density at radius 3 is 2.79 bits per heavy atom. The number of rotatable bonds is 9. The van der Waals surface area contributed by atoms with Crippen molar-refractivity contribution in [3.8, 4) is 5.75 Å². The minimum atomic E-state index is 0.216. The topological polar surface area (TPSA) is 21.3 Å². The molecule has 0 saturated carbocycles. The Kier molecular flexibility index (Phi) is 7.27. The summed E-state index contributed by atoms with van der Waals surface area (Å²) < 4.78 is 5.76. The first kappa shape index (κ1) is 15.8. The van der Waals surface area contributed by atoms with Crippen molar-refractivity contribution in [3.05, 3.63) is 42.5 Å². The summed E-state index contributed by atoms with van der Waals surface area (Å²) in [6.07, 6.45) is 5.57. The standard InChI is InChI=1S/C17H27NO/c1-5-7-8-12-17(18-6-2)15-10-9-11-16(13-15)19-14(3)4/h5,9-11,13-14,17-18H,1,6-8,12H2,2-4H3. The molecule has 1 atom stereocenters. The molecule has 0 aliphatic rings. The van der Waals surface area contributed by atoms with E-state index in [1.165, 1.54) is 5.56 Å². The lowest BCUT2D eigenvalue weighted by Crippen LogP contribution is -2.21. The van der Waals surface area contributed by atoms with Gasteiger partial charge in [-0.15, -0.1) is 6.58 Å². The normalized spacial score (nSPS) is 12.4. The van der Waals surface area contributed by atoms with Crippen molar-refractivity contribution in [1.29, 1.82) is 0 Å². The molecule has 1 aromatic carbocycles. The second kappa shape index (κ2) is 8.76. The van der Waals surface area contributed by atoms with Crippen LogP contribution in [-0.4, -0.2) is 12.6 Å². The molecule has 0 saturated heterocycles. The largest absolute Gasteiger partial charge is 0.491 e. The van der Waals surface area contributed by atoms with Crippen LogP contribution < -0.4 is 10.1 Å². The molecule has 106 valence electrons. The molecule has 0 aromatic heterocycles. The fourth-order valence-electron chi connectivity index (χ4n) is 2.18. The Morgan fingerprint density at radius 1 is 1.37 bits per heavy atom. The average Bonchev–Trinajstić information content (AvgIpc) is 2.37. The zero-order valence-corrected chi connectivity index (χ0v) is 12.5. The summed E-state index contributed by atoms with van der Waals surface area (Å²) in [7, 11) is 0. The van der Waals surface area contributed by atoms with Gasteiger partial charge >= 0.3 is 0 Å². The monoisotopic (exact) mass is 261 g/mol. The van der Waals surface area contributed by atoms with Crippen LogP contribution in [0.3, 0.4) is 0 Å². The van der Waals surface area contributed by atoms with Gasteiger partial charge in [-0.25, -0.2) is 0 Å². The van der Waals surface area contributed by atoms with Crippen molar-refractivity contribution < 1.29 is 4.74 Å². The van der Waals surface area contributed by atoms with Crippen LogP contribution >= 0.6 is 0 Å². The van der Waals surface area contributed by atoms with Crippen molar-refractivity contribution in [1.82, 2.24) is 5.32 Å². The number of unbranched alkanes of at least 4 members (excludes halogenated alkanes) is 1. The summed E-state index contributed by atoms with van der Waals surface area (Å²) in [6.45, 7) is 11.0. The minimum Gasteiger partial charge on any atom is -0.491 e. The van der Waals surface area contributed by atoms with Gasteiger partial charge in [0.25, 0.3) is 0 Å². The third-order valence-electron chi connectivity index (χ3n) is 2.98. The fourth-order valence-corrected chi connectivity index (χ4v) is 2.18. The highest BCUT2D eigenvalue weighted by atomic mass is 16.5. The fraction of sp³-hybridized carbons (Fsp3) is 0.529. The third kappa shape index (κ3) is 5.93. The van der Waals surface area contributed by atoms with E-state index >= 15 is 0 Å². The third-order valence-corrected chi connectivity index (χ3v) is 2.98. The van der Waals surface area contributed by atoms with Crippen molar-refractivity contribution in [2.45, 2.75) is 52.2 Å². The maximum Gasteiger partial charge on any atom is 0.120 e. The van der Waals surface area contributed by atoms with Gasteiger partial charge in [0.1, 0.15) is 5.75 Å². The summed E-state index contributed by atoms with van der Waals surface area (Å²) >= 11 is 0. The van der Waals surface area contributed by atoms with Gasteiger partial charge in [0, 0.05) is 6.04 Å². The molecule has 0 aliphatic heterocycles. The van der Waals surface area contributed by atoms with E-state index in [0.29, 0.717) is 6.04 Å². The van der Waals surface area contributed by atoms with Crippen molar-refractivity contribution in [2.24, 2.45) is 0 Å². The van der Waals surface area contributed by atoms with E-state index in [0.717, 1.165) is 31.6 Å². The van der Waals surface area contributed by atoms with Crippen LogP contribution in [0.25, 0.3) is 0 Å². The minimum absolute atomic E-state index is 0.216. The smallest absolute Gasteiger partial charge is 0.120 e. The first-order valence-corrected chi connectivity index (χ1v) is 7.28. The molecule has 19 heavy (non-hydrogen) atoms. The van der Waals surface area contributed by atoms with Gasteiger partial charge in [0.15, 0.2) is 0 Å². The van der Waals surface area contributed by atoms with Crippen LogP contribution in [0.1, 0.15) is 51.6 Å². The lowest BCUT2D eigenvalue weighted by molar-refractivity contribution is 0.242. The van der Waals surface area contributed by atoms with E-state index in [2.05, 4.69) is 50.9 Å². The van der Waals surface area contributed by atoms with E-state index in [1.807, 2.05) is 12.1 Å². The summed E-state index contributed by atoms with van der Waals surface area (Å²) in [6, 6.07) is 8.83. The predicted octanol–water partition coefficient (Wildman–Crippen LogP) is 4.48. The molecule has 0 bridgehead atoms. The Balaban J connectivity index is 2.73. The molecule has 1 aromatic rings. The van der Waals surface area contributed by atoms with Crippen LogP contribution in [0.15, 0.2) is 36.9 Å².